The van der Waals surface area contributed by atoms with Crippen LogP contribution in [-0.2, 0) is 10.8 Å². The molecule has 148 valence electrons. The molecule has 2 rings (SSSR count). The van der Waals surface area contributed by atoms with Crippen molar-refractivity contribution >= 4 is 17.8 Å². The highest BCUT2D eigenvalue weighted by Gasteiger charge is 2.27. The van der Waals surface area contributed by atoms with Gasteiger partial charge in [-0.2, -0.15) is 0 Å². The Hall–Kier alpha value is -2.88. The lowest BCUT2D eigenvalue weighted by Gasteiger charge is -2.27. The summed E-state index contributed by atoms with van der Waals surface area (Å²) < 4.78 is 0. The molecule has 0 unspecified atom stereocenters. The fraction of sp³-hybridized carbons (Fsp3) is 0.333. The van der Waals surface area contributed by atoms with E-state index in [1.807, 2.05) is 41.5 Å². The third-order valence-electron chi connectivity index (χ3n) is 4.60. The molecule has 0 radical (unpaired) electrons. The van der Waals surface area contributed by atoms with Crippen LogP contribution < -0.4 is 0 Å². The van der Waals surface area contributed by atoms with Crippen LogP contribution in [0.5, 0.6) is 5.75 Å². The van der Waals surface area contributed by atoms with Crippen molar-refractivity contribution in [3.63, 3.8) is 0 Å². The van der Waals surface area contributed by atoms with Crippen LogP contribution in [0.4, 0.5) is 0 Å². The van der Waals surface area contributed by atoms with Crippen LogP contribution >= 0.6 is 0 Å². The monoisotopic (exact) mass is 380 g/mol. The normalized spacial score (nSPS) is 12.4. The standard InChI is InChI=1S/C24H28O4/c1-23(2,3)18-13-17(14-19(21(18)26)24(4,5)6)20(25)12-9-15-7-10-16(11-8-15)22(27)28/h7-14,26H,1-6H3,(H,27,28)/b12-9+. The summed E-state index contributed by atoms with van der Waals surface area (Å²) in [6.07, 6.45) is 3.13. The minimum Gasteiger partial charge on any atom is -0.507 e. The Balaban J connectivity index is 2.43. The highest BCUT2D eigenvalue weighted by atomic mass is 16.4. The summed E-state index contributed by atoms with van der Waals surface area (Å²) in [4.78, 5) is 23.7. The Bertz CT molecular complexity index is 886. The molecule has 0 aliphatic carbocycles. The minimum absolute atomic E-state index is 0.168. The molecule has 0 aliphatic rings. The first-order valence-electron chi connectivity index (χ1n) is 9.24. The quantitative estimate of drug-likeness (QED) is 0.536. The second-order valence-electron chi connectivity index (χ2n) is 9.04. The molecule has 0 aromatic heterocycles. The predicted octanol–water partition coefficient (Wildman–Crippen LogP) is 5.58. The van der Waals surface area contributed by atoms with Gasteiger partial charge >= 0.3 is 5.97 Å². The molecule has 0 saturated heterocycles. The van der Waals surface area contributed by atoms with E-state index in [0.29, 0.717) is 5.56 Å². The van der Waals surface area contributed by atoms with Gasteiger partial charge in [-0.3, -0.25) is 4.79 Å². The number of rotatable bonds is 4. The van der Waals surface area contributed by atoms with Crippen LogP contribution in [0.15, 0.2) is 42.5 Å². The highest BCUT2D eigenvalue weighted by Crippen LogP contribution is 2.39. The average Bonchev–Trinajstić information content (AvgIpc) is 2.58. The van der Waals surface area contributed by atoms with E-state index in [4.69, 9.17) is 5.11 Å². The predicted molar refractivity (Wildman–Crippen MR) is 112 cm³/mol. The molecule has 0 bridgehead atoms. The number of hydrogen-bond donors (Lipinski definition) is 2. The number of phenols is 1. The molecule has 0 atom stereocenters. The van der Waals surface area contributed by atoms with Crippen LogP contribution in [0.25, 0.3) is 6.08 Å². The van der Waals surface area contributed by atoms with Gasteiger partial charge in [0.1, 0.15) is 5.75 Å². The van der Waals surface area contributed by atoms with Crippen LogP contribution in [0.3, 0.4) is 0 Å². The Morgan fingerprint density at radius 3 is 1.68 bits per heavy atom. The topological polar surface area (TPSA) is 74.6 Å². The molecule has 0 heterocycles. The van der Waals surface area contributed by atoms with E-state index in [1.165, 1.54) is 18.2 Å². The van der Waals surface area contributed by atoms with E-state index in [-0.39, 0.29) is 27.9 Å². The van der Waals surface area contributed by atoms with Gasteiger partial charge in [0.2, 0.25) is 0 Å². The number of phenolic OH excluding ortho intramolecular Hbond substituents is 1. The maximum absolute atomic E-state index is 12.8. The Morgan fingerprint density at radius 1 is 0.821 bits per heavy atom. The molecule has 2 aromatic carbocycles. The summed E-state index contributed by atoms with van der Waals surface area (Å²) in [7, 11) is 0. The molecule has 4 heteroatoms. The number of carboxylic acids is 1. The molecule has 0 saturated carbocycles. The SMILES string of the molecule is CC(C)(C)c1cc(C(=O)/C=C/c2ccc(C(=O)O)cc2)cc(C(C)(C)C)c1O. The molecule has 0 aliphatic heterocycles. The van der Waals surface area contributed by atoms with Crippen molar-refractivity contribution in [1.29, 1.82) is 0 Å². The first-order chi connectivity index (χ1) is 12.8. The largest absolute Gasteiger partial charge is 0.507 e. The van der Waals surface area contributed by atoms with Crippen molar-refractivity contribution in [3.8, 4) is 5.75 Å². The van der Waals surface area contributed by atoms with Crippen molar-refractivity contribution in [2.75, 3.05) is 0 Å². The van der Waals surface area contributed by atoms with Gasteiger partial charge in [0, 0.05) is 16.7 Å². The molecule has 28 heavy (non-hydrogen) atoms. The fourth-order valence-corrected chi connectivity index (χ4v) is 2.93. The van der Waals surface area contributed by atoms with Gasteiger partial charge in [-0.05, 0) is 46.7 Å². The van der Waals surface area contributed by atoms with Crippen LogP contribution in [0.2, 0.25) is 0 Å². The molecule has 4 nitrogen and oxygen atoms in total. The second kappa shape index (κ2) is 7.63. The Morgan fingerprint density at radius 2 is 1.29 bits per heavy atom. The number of carboxylic acid groups (broad SMARTS) is 1. The number of ketones is 1. The first-order valence-corrected chi connectivity index (χ1v) is 9.24. The lowest BCUT2D eigenvalue weighted by Crippen LogP contribution is -2.18. The molecular weight excluding hydrogens is 352 g/mol. The molecule has 0 fully saturated rings. The highest BCUT2D eigenvalue weighted by molar-refractivity contribution is 6.07. The van der Waals surface area contributed by atoms with Crippen molar-refractivity contribution in [2.45, 2.75) is 52.4 Å². The van der Waals surface area contributed by atoms with Gasteiger partial charge in [0.05, 0.1) is 5.56 Å². The van der Waals surface area contributed by atoms with Crippen molar-refractivity contribution in [3.05, 3.63) is 70.3 Å². The fourth-order valence-electron chi connectivity index (χ4n) is 2.93. The summed E-state index contributed by atoms with van der Waals surface area (Å²) in [6.45, 7) is 12.0. The number of allylic oxidation sites excluding steroid dienone is 1. The molecule has 0 spiro atoms. The van der Waals surface area contributed by atoms with Gasteiger partial charge in [-0.1, -0.05) is 59.8 Å². The molecule has 2 aromatic rings. The number of aromatic carboxylic acids is 1. The minimum atomic E-state index is -0.986. The van der Waals surface area contributed by atoms with Crippen LogP contribution in [0, 0.1) is 0 Å². The lowest BCUT2D eigenvalue weighted by molar-refractivity contribution is 0.0696. The molecular formula is C24H28O4. The van der Waals surface area contributed by atoms with Crippen LogP contribution in [-0.4, -0.2) is 22.0 Å². The van der Waals surface area contributed by atoms with E-state index in [9.17, 15) is 14.7 Å². The maximum atomic E-state index is 12.8. The Labute approximate surface area is 166 Å². The maximum Gasteiger partial charge on any atom is 0.335 e. The van der Waals surface area contributed by atoms with Gasteiger partial charge in [0.25, 0.3) is 0 Å². The second-order valence-corrected chi connectivity index (χ2v) is 9.04. The smallest absolute Gasteiger partial charge is 0.335 e. The van der Waals surface area contributed by atoms with Gasteiger partial charge in [-0.15, -0.1) is 0 Å². The van der Waals surface area contributed by atoms with Crippen molar-refractivity contribution < 1.29 is 19.8 Å². The van der Waals surface area contributed by atoms with Gasteiger partial charge < -0.3 is 10.2 Å². The van der Waals surface area contributed by atoms with Crippen molar-refractivity contribution in [1.82, 2.24) is 0 Å². The molecule has 2 N–H and O–H groups in total. The zero-order chi connectivity index (χ0) is 21.3. The number of benzene rings is 2. The van der Waals surface area contributed by atoms with Gasteiger partial charge in [0.15, 0.2) is 5.78 Å². The van der Waals surface area contributed by atoms with E-state index in [1.54, 1.807) is 30.3 Å². The van der Waals surface area contributed by atoms with E-state index < -0.39 is 5.97 Å². The third-order valence-corrected chi connectivity index (χ3v) is 4.60. The summed E-state index contributed by atoms with van der Waals surface area (Å²) in [5, 5.41) is 19.7. The average molecular weight is 380 g/mol. The number of carbonyl (C=O) groups is 2. The van der Waals surface area contributed by atoms with Crippen LogP contribution in [0.1, 0.15) is 78.9 Å². The van der Waals surface area contributed by atoms with Gasteiger partial charge in [-0.25, -0.2) is 4.79 Å². The Kier molecular flexibility index (Phi) is 5.83. The third kappa shape index (κ3) is 4.89. The summed E-state index contributed by atoms with van der Waals surface area (Å²) in [5.41, 5.74) is 2.32. The van der Waals surface area contributed by atoms with E-state index in [2.05, 4.69) is 0 Å². The van der Waals surface area contributed by atoms with E-state index in [0.717, 1.165) is 16.7 Å². The van der Waals surface area contributed by atoms with Crippen molar-refractivity contribution in [2.24, 2.45) is 0 Å². The number of carbonyl (C=O) groups excluding carboxylic acids is 1. The lowest BCUT2D eigenvalue weighted by atomic mass is 9.78. The number of aromatic hydroxyl groups is 1. The first kappa shape index (κ1) is 21.4. The number of hydrogen-bond acceptors (Lipinski definition) is 3. The summed E-state index contributed by atoms with van der Waals surface area (Å²) in [6, 6.07) is 9.83. The summed E-state index contributed by atoms with van der Waals surface area (Å²) >= 11 is 0. The zero-order valence-electron chi connectivity index (χ0n) is 17.3. The molecule has 0 amide bonds. The summed E-state index contributed by atoms with van der Waals surface area (Å²) in [5.74, 6) is -0.914. The van der Waals surface area contributed by atoms with E-state index >= 15 is 0 Å². The zero-order valence-corrected chi connectivity index (χ0v) is 17.3.